The van der Waals surface area contributed by atoms with Crippen LogP contribution in [-0.4, -0.2) is 43.5 Å². The molecule has 1 fully saturated rings. The van der Waals surface area contributed by atoms with Crippen molar-refractivity contribution in [1.82, 2.24) is 24.6 Å². The molecular weight excluding hydrogens is 498 g/mol. The highest BCUT2D eigenvalue weighted by molar-refractivity contribution is 6.29. The van der Waals surface area contributed by atoms with Crippen molar-refractivity contribution < 1.29 is 26.3 Å². The number of halogens is 7. The van der Waals surface area contributed by atoms with E-state index < -0.39 is 24.3 Å². The second-order valence-corrected chi connectivity index (χ2v) is 8.36. The van der Waals surface area contributed by atoms with E-state index in [-0.39, 0.29) is 41.0 Å². The van der Waals surface area contributed by atoms with E-state index in [1.165, 1.54) is 16.7 Å². The van der Waals surface area contributed by atoms with E-state index in [4.69, 9.17) is 11.6 Å². The predicted octanol–water partition coefficient (Wildman–Crippen LogP) is 5.72. The van der Waals surface area contributed by atoms with Crippen LogP contribution in [0.15, 0.2) is 42.7 Å². The second kappa shape index (κ2) is 7.98. The van der Waals surface area contributed by atoms with Crippen LogP contribution in [0.2, 0.25) is 5.28 Å². The van der Waals surface area contributed by atoms with Crippen molar-refractivity contribution in [2.24, 2.45) is 5.41 Å². The molecule has 35 heavy (non-hydrogen) atoms. The Balaban J connectivity index is 1.65. The van der Waals surface area contributed by atoms with Crippen LogP contribution >= 0.6 is 11.6 Å². The van der Waals surface area contributed by atoms with Crippen LogP contribution in [0.4, 0.5) is 37.8 Å². The van der Waals surface area contributed by atoms with Crippen molar-refractivity contribution in [3.8, 4) is 11.8 Å². The highest BCUT2D eigenvalue weighted by Crippen LogP contribution is 2.57. The fourth-order valence-corrected chi connectivity index (χ4v) is 3.87. The lowest BCUT2D eigenvalue weighted by Crippen LogP contribution is -2.31. The number of benzene rings is 1. The summed E-state index contributed by atoms with van der Waals surface area (Å²) >= 11 is 6.09. The van der Waals surface area contributed by atoms with E-state index in [9.17, 15) is 26.3 Å². The largest absolute Gasteiger partial charge is 0.406 e. The highest BCUT2D eigenvalue weighted by atomic mass is 35.5. The van der Waals surface area contributed by atoms with Crippen LogP contribution in [0.25, 0.3) is 16.7 Å². The second-order valence-electron chi connectivity index (χ2n) is 8.02. The summed E-state index contributed by atoms with van der Waals surface area (Å²) in [6, 6.07) is 7.72. The van der Waals surface area contributed by atoms with Crippen molar-refractivity contribution >= 4 is 39.8 Å². The molecule has 1 aliphatic carbocycles. The average molecular weight is 511 g/mol. The van der Waals surface area contributed by atoms with Gasteiger partial charge in [0.05, 0.1) is 17.4 Å². The molecule has 0 radical (unpaired) electrons. The van der Waals surface area contributed by atoms with Crippen molar-refractivity contribution in [2.45, 2.75) is 25.2 Å². The third-order valence-electron chi connectivity index (χ3n) is 5.57. The Hall–Kier alpha value is -3.59. The van der Waals surface area contributed by atoms with Crippen molar-refractivity contribution in [2.75, 3.05) is 11.4 Å². The van der Waals surface area contributed by atoms with E-state index in [0.717, 1.165) is 11.1 Å². The van der Waals surface area contributed by atoms with E-state index >= 15 is 0 Å². The Morgan fingerprint density at radius 3 is 2.49 bits per heavy atom. The average Bonchev–Trinajstić information content (AvgIpc) is 3.52. The molecule has 0 amide bonds. The van der Waals surface area contributed by atoms with Crippen LogP contribution < -0.4 is 4.90 Å². The van der Waals surface area contributed by atoms with Crippen LogP contribution in [-0.2, 0) is 0 Å². The summed E-state index contributed by atoms with van der Waals surface area (Å²) in [7, 11) is 0. The molecule has 5 rings (SSSR count). The van der Waals surface area contributed by atoms with Gasteiger partial charge in [0.25, 0.3) is 5.78 Å². The zero-order valence-electron chi connectivity index (χ0n) is 17.5. The van der Waals surface area contributed by atoms with Crippen LogP contribution in [0.3, 0.4) is 0 Å². The SMILES string of the molecule is FC(F)(F)CN(c1cncc(C#CC2(C(F)(F)F)CC2)c1)c1nc2nnc(Cl)n2c2ccccc12. The number of aromatic nitrogens is 5. The summed E-state index contributed by atoms with van der Waals surface area (Å²) < 4.78 is 81.9. The summed E-state index contributed by atoms with van der Waals surface area (Å²) in [5.41, 5.74) is -1.68. The molecule has 3 heterocycles. The molecule has 0 atom stereocenters. The molecule has 6 nitrogen and oxygen atoms in total. The van der Waals surface area contributed by atoms with Gasteiger partial charge in [0.1, 0.15) is 17.8 Å². The summed E-state index contributed by atoms with van der Waals surface area (Å²) in [5, 5.41) is 7.85. The number of hydrogen-bond donors (Lipinski definition) is 0. The Morgan fingerprint density at radius 2 is 1.80 bits per heavy atom. The van der Waals surface area contributed by atoms with Gasteiger partial charge in [-0.2, -0.15) is 31.3 Å². The van der Waals surface area contributed by atoms with Gasteiger partial charge in [-0.25, -0.2) is 4.40 Å². The number of pyridine rings is 1. The maximum atomic E-state index is 13.6. The van der Waals surface area contributed by atoms with E-state index in [0.29, 0.717) is 10.9 Å². The maximum absolute atomic E-state index is 13.6. The van der Waals surface area contributed by atoms with Crippen LogP contribution in [0.1, 0.15) is 18.4 Å². The molecule has 0 aliphatic heterocycles. The molecule has 0 N–H and O–H groups in total. The molecule has 4 aromatic rings. The van der Waals surface area contributed by atoms with Crippen molar-refractivity contribution in [3.05, 3.63) is 53.6 Å². The zero-order valence-corrected chi connectivity index (χ0v) is 18.2. The first-order valence-electron chi connectivity index (χ1n) is 10.2. The van der Waals surface area contributed by atoms with Gasteiger partial charge in [0, 0.05) is 17.1 Å². The molecule has 0 spiro atoms. The molecular formula is C22H13ClF6N6. The fraction of sp³-hybridized carbons (Fsp3) is 0.273. The number of rotatable bonds is 3. The topological polar surface area (TPSA) is 59.2 Å². The van der Waals surface area contributed by atoms with Gasteiger partial charge in [-0.15, -0.1) is 10.2 Å². The normalized spacial score (nSPS) is 15.2. The molecule has 1 aliphatic rings. The minimum absolute atomic E-state index is 0.0183. The fourth-order valence-electron chi connectivity index (χ4n) is 3.66. The zero-order chi connectivity index (χ0) is 25.0. The summed E-state index contributed by atoms with van der Waals surface area (Å²) in [6.45, 7) is -1.45. The smallest absolute Gasteiger partial charge is 0.315 e. The van der Waals surface area contributed by atoms with Gasteiger partial charge in [-0.3, -0.25) is 4.98 Å². The van der Waals surface area contributed by atoms with Gasteiger partial charge in [-0.05, 0) is 42.6 Å². The first kappa shape index (κ1) is 23.2. The Morgan fingerprint density at radius 1 is 1.06 bits per heavy atom. The molecule has 3 aromatic heterocycles. The van der Waals surface area contributed by atoms with E-state index in [2.05, 4.69) is 32.0 Å². The Bertz CT molecular complexity index is 1500. The van der Waals surface area contributed by atoms with Crippen molar-refractivity contribution in [1.29, 1.82) is 0 Å². The third-order valence-corrected chi connectivity index (χ3v) is 5.81. The molecule has 0 bridgehead atoms. The summed E-state index contributed by atoms with van der Waals surface area (Å²) in [6.07, 6.45) is -7.02. The Labute approximate surface area is 198 Å². The number of fused-ring (bicyclic) bond motifs is 3. The number of nitrogens with zero attached hydrogens (tertiary/aromatic N) is 6. The number of anilines is 2. The quantitative estimate of drug-likeness (QED) is 0.261. The van der Waals surface area contributed by atoms with Crippen LogP contribution in [0.5, 0.6) is 0 Å². The first-order valence-corrected chi connectivity index (χ1v) is 10.5. The lowest BCUT2D eigenvalue weighted by Gasteiger charge is -2.26. The number of alkyl halides is 6. The molecule has 1 saturated carbocycles. The van der Waals surface area contributed by atoms with Gasteiger partial charge < -0.3 is 4.90 Å². The van der Waals surface area contributed by atoms with Gasteiger partial charge in [0.2, 0.25) is 5.28 Å². The van der Waals surface area contributed by atoms with Gasteiger partial charge in [0.15, 0.2) is 0 Å². The number of hydrogen-bond acceptors (Lipinski definition) is 5. The lowest BCUT2D eigenvalue weighted by atomic mass is 10.1. The molecule has 0 unspecified atom stereocenters. The molecule has 0 saturated heterocycles. The maximum Gasteiger partial charge on any atom is 0.406 e. The predicted molar refractivity (Wildman–Crippen MR) is 115 cm³/mol. The lowest BCUT2D eigenvalue weighted by molar-refractivity contribution is -0.168. The minimum atomic E-state index is -4.66. The minimum Gasteiger partial charge on any atom is -0.315 e. The van der Waals surface area contributed by atoms with Crippen molar-refractivity contribution in [3.63, 3.8) is 0 Å². The van der Waals surface area contributed by atoms with Gasteiger partial charge in [-0.1, -0.05) is 24.0 Å². The summed E-state index contributed by atoms with van der Waals surface area (Å²) in [5.74, 6) is 4.53. The van der Waals surface area contributed by atoms with Gasteiger partial charge >= 0.3 is 12.4 Å². The van der Waals surface area contributed by atoms with E-state index in [1.54, 1.807) is 24.3 Å². The molecule has 180 valence electrons. The summed E-state index contributed by atoms with van der Waals surface area (Å²) in [4.78, 5) is 9.04. The molecule has 13 heteroatoms. The standard InChI is InChI=1S/C22H13ClF6N6/c23-18-32-33-19-31-17(15-3-1-2-4-16(15)35(18)19)34(12-21(24,25)26)14-9-13(10-30-11-14)5-6-20(7-8-20)22(27,28)29/h1-4,9-11H,7-8,12H2. The first-order chi connectivity index (χ1) is 16.5. The Kier molecular flexibility index (Phi) is 5.28. The van der Waals surface area contributed by atoms with E-state index in [1.807, 2.05) is 0 Å². The number of para-hydroxylation sites is 1. The van der Waals surface area contributed by atoms with Crippen LogP contribution in [0, 0.1) is 17.3 Å². The molecule has 1 aromatic carbocycles. The monoisotopic (exact) mass is 510 g/mol. The third kappa shape index (κ3) is 4.32. The highest BCUT2D eigenvalue weighted by Gasteiger charge is 2.62.